The summed E-state index contributed by atoms with van der Waals surface area (Å²) in [5.74, 6) is -0.0521. The van der Waals surface area contributed by atoms with Gasteiger partial charge in [-0.2, -0.15) is 0 Å². The van der Waals surface area contributed by atoms with Crippen LogP contribution in [0.15, 0.2) is 36.5 Å². The molecule has 6 heteroatoms. The number of nitrogens with zero attached hydrogens (tertiary/aromatic N) is 1. The molecule has 1 heterocycles. The van der Waals surface area contributed by atoms with E-state index in [0.29, 0.717) is 17.0 Å². The summed E-state index contributed by atoms with van der Waals surface area (Å²) >= 11 is 0. The van der Waals surface area contributed by atoms with E-state index in [0.717, 1.165) is 12.0 Å². The molecule has 132 valence electrons. The molecule has 25 heavy (non-hydrogen) atoms. The first-order valence-electron chi connectivity index (χ1n) is 8.17. The van der Waals surface area contributed by atoms with Crippen molar-refractivity contribution in [2.24, 2.45) is 0 Å². The van der Waals surface area contributed by atoms with Crippen molar-refractivity contribution >= 4 is 17.5 Å². The maximum absolute atomic E-state index is 12.5. The minimum atomic E-state index is -0.330. The molecular weight excluding hydrogens is 318 g/mol. The summed E-state index contributed by atoms with van der Waals surface area (Å²) in [4.78, 5) is 28.7. The van der Waals surface area contributed by atoms with E-state index in [-0.39, 0.29) is 23.6 Å². The Bertz CT molecular complexity index is 774. The molecule has 0 radical (unpaired) electrons. The van der Waals surface area contributed by atoms with Gasteiger partial charge < -0.3 is 15.4 Å². The van der Waals surface area contributed by atoms with Gasteiger partial charge in [0.2, 0.25) is 0 Å². The fourth-order valence-electron chi connectivity index (χ4n) is 2.21. The van der Waals surface area contributed by atoms with Crippen LogP contribution in [-0.4, -0.2) is 29.9 Å². The van der Waals surface area contributed by atoms with Crippen molar-refractivity contribution in [1.29, 1.82) is 0 Å². The summed E-state index contributed by atoms with van der Waals surface area (Å²) in [5, 5.41) is 5.65. The Labute approximate surface area is 147 Å². The second-order valence-electron chi connectivity index (χ2n) is 5.87. The largest absolute Gasteiger partial charge is 0.495 e. The molecule has 2 aromatic rings. The molecule has 2 N–H and O–H groups in total. The fourth-order valence-corrected chi connectivity index (χ4v) is 2.21. The summed E-state index contributed by atoms with van der Waals surface area (Å²) in [6, 6.07) is 8.62. The minimum Gasteiger partial charge on any atom is -0.495 e. The van der Waals surface area contributed by atoms with Gasteiger partial charge in [-0.05, 0) is 50.1 Å². The topological polar surface area (TPSA) is 80.3 Å². The fraction of sp³-hybridized carbons (Fsp3) is 0.316. The number of benzene rings is 1. The molecule has 0 bridgehead atoms. The van der Waals surface area contributed by atoms with E-state index >= 15 is 0 Å². The van der Waals surface area contributed by atoms with Crippen molar-refractivity contribution in [3.8, 4) is 5.75 Å². The van der Waals surface area contributed by atoms with Gasteiger partial charge >= 0.3 is 0 Å². The summed E-state index contributed by atoms with van der Waals surface area (Å²) in [5.41, 5.74) is 2.14. The van der Waals surface area contributed by atoms with Crippen molar-refractivity contribution in [2.75, 3.05) is 12.4 Å². The van der Waals surface area contributed by atoms with Gasteiger partial charge in [-0.3, -0.25) is 14.6 Å². The van der Waals surface area contributed by atoms with E-state index in [2.05, 4.69) is 15.6 Å². The molecule has 0 fully saturated rings. The summed E-state index contributed by atoms with van der Waals surface area (Å²) in [6.07, 6.45) is 2.27. The number of aromatic nitrogens is 1. The van der Waals surface area contributed by atoms with Gasteiger partial charge in [0.05, 0.1) is 12.8 Å². The van der Waals surface area contributed by atoms with Crippen LogP contribution in [0.4, 0.5) is 5.69 Å². The van der Waals surface area contributed by atoms with Crippen molar-refractivity contribution in [3.63, 3.8) is 0 Å². The average molecular weight is 341 g/mol. The molecule has 1 aromatic heterocycles. The minimum absolute atomic E-state index is 0.0448. The Balaban J connectivity index is 2.19. The van der Waals surface area contributed by atoms with Crippen LogP contribution in [0.25, 0.3) is 0 Å². The second kappa shape index (κ2) is 8.28. The molecule has 0 saturated heterocycles. The molecular formula is C19H23N3O3. The number of ether oxygens (including phenoxy) is 1. The number of rotatable bonds is 6. The third-order valence-electron chi connectivity index (χ3n) is 3.85. The van der Waals surface area contributed by atoms with Gasteiger partial charge in [-0.1, -0.05) is 13.0 Å². The highest BCUT2D eigenvalue weighted by Crippen LogP contribution is 2.25. The van der Waals surface area contributed by atoms with E-state index in [1.807, 2.05) is 32.9 Å². The van der Waals surface area contributed by atoms with Crippen LogP contribution in [0.1, 0.15) is 46.7 Å². The van der Waals surface area contributed by atoms with Crippen LogP contribution in [0.3, 0.4) is 0 Å². The van der Waals surface area contributed by atoms with Gasteiger partial charge in [0, 0.05) is 17.8 Å². The second-order valence-corrected chi connectivity index (χ2v) is 5.87. The number of aryl methyl sites for hydroxylation is 1. The Hall–Kier alpha value is -2.89. The van der Waals surface area contributed by atoms with Crippen molar-refractivity contribution < 1.29 is 14.3 Å². The molecule has 6 nitrogen and oxygen atoms in total. The van der Waals surface area contributed by atoms with Gasteiger partial charge in [0.15, 0.2) is 0 Å². The Morgan fingerprint density at radius 2 is 1.96 bits per heavy atom. The van der Waals surface area contributed by atoms with E-state index < -0.39 is 0 Å². The summed E-state index contributed by atoms with van der Waals surface area (Å²) < 4.78 is 5.26. The number of nitrogens with one attached hydrogen (secondary N) is 2. The number of pyridine rings is 1. The molecule has 1 atom stereocenters. The maximum atomic E-state index is 12.5. The number of hydrogen-bond acceptors (Lipinski definition) is 4. The van der Waals surface area contributed by atoms with Crippen LogP contribution in [-0.2, 0) is 0 Å². The lowest BCUT2D eigenvalue weighted by atomic mass is 10.1. The zero-order valence-electron chi connectivity index (χ0n) is 14.9. The van der Waals surface area contributed by atoms with Crippen LogP contribution in [0.5, 0.6) is 5.75 Å². The maximum Gasteiger partial charge on any atom is 0.270 e. The SMILES string of the molecule is CCC(C)NC(=O)c1cc(C(=O)Nc2cc(C)ccc2OC)ccn1. The molecule has 1 aromatic carbocycles. The Kier molecular flexibility index (Phi) is 6.11. The van der Waals surface area contributed by atoms with Crippen LogP contribution in [0.2, 0.25) is 0 Å². The quantitative estimate of drug-likeness (QED) is 0.846. The molecule has 0 aliphatic heterocycles. The third kappa shape index (κ3) is 4.79. The molecule has 1 unspecified atom stereocenters. The number of carbonyl (C=O) groups excluding carboxylic acids is 2. The van der Waals surface area contributed by atoms with Crippen LogP contribution < -0.4 is 15.4 Å². The van der Waals surface area contributed by atoms with Crippen LogP contribution >= 0.6 is 0 Å². The number of anilines is 1. The van der Waals surface area contributed by atoms with E-state index in [4.69, 9.17) is 4.74 Å². The van der Waals surface area contributed by atoms with Gasteiger partial charge in [0.1, 0.15) is 11.4 Å². The molecule has 2 amide bonds. The molecule has 0 aliphatic carbocycles. The Morgan fingerprint density at radius 1 is 1.20 bits per heavy atom. The van der Waals surface area contributed by atoms with Crippen LogP contribution in [0, 0.1) is 6.92 Å². The number of hydrogen-bond donors (Lipinski definition) is 2. The van der Waals surface area contributed by atoms with Crippen molar-refractivity contribution in [3.05, 3.63) is 53.3 Å². The summed E-state index contributed by atoms with van der Waals surface area (Å²) in [6.45, 7) is 5.83. The average Bonchev–Trinajstić information content (AvgIpc) is 2.61. The summed E-state index contributed by atoms with van der Waals surface area (Å²) in [7, 11) is 1.55. The lowest BCUT2D eigenvalue weighted by molar-refractivity contribution is 0.0934. The number of amides is 2. The van der Waals surface area contributed by atoms with Crippen molar-refractivity contribution in [2.45, 2.75) is 33.2 Å². The van der Waals surface area contributed by atoms with Gasteiger partial charge in [0.25, 0.3) is 11.8 Å². The molecule has 0 spiro atoms. The first-order chi connectivity index (χ1) is 11.9. The standard InChI is InChI=1S/C19H23N3O3/c1-5-13(3)21-19(24)16-11-14(8-9-20-16)18(23)22-15-10-12(2)6-7-17(15)25-4/h6-11,13H,5H2,1-4H3,(H,21,24)(H,22,23). The highest BCUT2D eigenvalue weighted by molar-refractivity contribution is 6.06. The Morgan fingerprint density at radius 3 is 2.64 bits per heavy atom. The van der Waals surface area contributed by atoms with Gasteiger partial charge in [-0.15, -0.1) is 0 Å². The third-order valence-corrected chi connectivity index (χ3v) is 3.85. The smallest absolute Gasteiger partial charge is 0.270 e. The van der Waals surface area contributed by atoms with E-state index in [1.54, 1.807) is 19.2 Å². The first kappa shape index (κ1) is 18.4. The van der Waals surface area contributed by atoms with E-state index in [9.17, 15) is 9.59 Å². The number of carbonyl (C=O) groups is 2. The molecule has 0 saturated carbocycles. The first-order valence-corrected chi connectivity index (χ1v) is 8.17. The van der Waals surface area contributed by atoms with E-state index in [1.165, 1.54) is 12.3 Å². The zero-order chi connectivity index (χ0) is 18.4. The monoisotopic (exact) mass is 341 g/mol. The van der Waals surface area contributed by atoms with Gasteiger partial charge in [-0.25, -0.2) is 0 Å². The lowest BCUT2D eigenvalue weighted by Gasteiger charge is -2.12. The number of methoxy groups -OCH3 is 1. The zero-order valence-corrected chi connectivity index (χ0v) is 14.9. The lowest BCUT2D eigenvalue weighted by Crippen LogP contribution is -2.32. The molecule has 2 rings (SSSR count). The molecule has 0 aliphatic rings. The van der Waals surface area contributed by atoms with Crippen molar-refractivity contribution in [1.82, 2.24) is 10.3 Å². The predicted molar refractivity (Wildman–Crippen MR) is 97.1 cm³/mol. The normalized spacial score (nSPS) is 11.5. The highest BCUT2D eigenvalue weighted by Gasteiger charge is 2.14. The highest BCUT2D eigenvalue weighted by atomic mass is 16.5. The predicted octanol–water partition coefficient (Wildman–Crippen LogP) is 3.18.